The van der Waals surface area contributed by atoms with Gasteiger partial charge in [0.05, 0.1) is 16.4 Å². The molecule has 0 amide bonds. The average Bonchev–Trinajstić information content (AvgIpc) is 2.65. The number of aliphatic hydroxyl groups is 1. The summed E-state index contributed by atoms with van der Waals surface area (Å²) in [6, 6.07) is 0. The topological polar surface area (TPSA) is 50.1 Å². The van der Waals surface area contributed by atoms with Crippen LogP contribution in [0.25, 0.3) is 0 Å². The van der Waals surface area contributed by atoms with Gasteiger partial charge in [-0.3, -0.25) is 4.68 Å². The van der Waals surface area contributed by atoms with Crippen LogP contribution in [0.15, 0.2) is 0 Å². The Morgan fingerprint density at radius 1 is 1.50 bits per heavy atom. The molecule has 0 radical (unpaired) electrons. The Balaban J connectivity index is 2.35. The smallest absolute Gasteiger partial charge is 0.0860 e. The molecule has 0 bridgehead atoms. The van der Waals surface area contributed by atoms with Crippen LogP contribution in [0.3, 0.4) is 0 Å². The summed E-state index contributed by atoms with van der Waals surface area (Å²) in [5, 5.41) is 17.5. The average molecular weight is 274 g/mol. The molecule has 1 heterocycles. The molecule has 0 saturated carbocycles. The summed E-state index contributed by atoms with van der Waals surface area (Å²) in [5.74, 6) is 0.388. The van der Waals surface area contributed by atoms with E-state index in [9.17, 15) is 0 Å². The highest BCUT2D eigenvalue weighted by Gasteiger charge is 2.11. The molecule has 1 aromatic heterocycles. The Morgan fingerprint density at radius 3 is 2.83 bits per heavy atom. The van der Waals surface area contributed by atoms with E-state index in [1.807, 2.05) is 11.6 Å². The third kappa shape index (κ3) is 4.26. The number of rotatable bonds is 8. The van der Waals surface area contributed by atoms with Gasteiger partial charge in [-0.1, -0.05) is 18.5 Å². The van der Waals surface area contributed by atoms with Crippen molar-refractivity contribution in [3.8, 4) is 0 Å². The van der Waals surface area contributed by atoms with Crippen molar-refractivity contribution in [3.63, 3.8) is 0 Å². The second-order valence-electron chi connectivity index (χ2n) is 4.77. The molecule has 1 unspecified atom stereocenters. The first kappa shape index (κ1) is 15.5. The molecule has 0 spiro atoms. The van der Waals surface area contributed by atoms with Gasteiger partial charge in [0, 0.05) is 19.7 Å². The minimum absolute atomic E-state index is 0.271. The molecule has 0 saturated heterocycles. The highest BCUT2D eigenvalue weighted by molar-refractivity contribution is 6.31. The van der Waals surface area contributed by atoms with Crippen molar-refractivity contribution in [2.45, 2.75) is 46.7 Å². The largest absolute Gasteiger partial charge is 0.396 e. The predicted octanol–water partition coefficient (Wildman–Crippen LogP) is 2.36. The second kappa shape index (κ2) is 7.77. The fourth-order valence-electron chi connectivity index (χ4n) is 1.91. The van der Waals surface area contributed by atoms with E-state index in [4.69, 9.17) is 16.7 Å². The first-order chi connectivity index (χ1) is 8.60. The summed E-state index contributed by atoms with van der Waals surface area (Å²) in [5.41, 5.74) is 1.95. The van der Waals surface area contributed by atoms with Crippen LogP contribution in [-0.2, 0) is 13.1 Å². The number of aliphatic hydroxyl groups excluding tert-OH is 1. The third-order valence-corrected chi connectivity index (χ3v) is 3.60. The molecule has 104 valence electrons. The minimum Gasteiger partial charge on any atom is -0.396 e. The van der Waals surface area contributed by atoms with Gasteiger partial charge < -0.3 is 10.4 Å². The quantitative estimate of drug-likeness (QED) is 0.715. The molecule has 0 aromatic carbocycles. The maximum atomic E-state index is 8.93. The molecule has 1 atom stereocenters. The van der Waals surface area contributed by atoms with Gasteiger partial charge in [-0.25, -0.2) is 0 Å². The van der Waals surface area contributed by atoms with Crippen LogP contribution in [0.1, 0.15) is 38.1 Å². The monoisotopic (exact) mass is 273 g/mol. The SMILES string of the molecule is CCn1nc(C)c(Cl)c1CNCCCC(C)CO. The van der Waals surface area contributed by atoms with Crippen molar-refractivity contribution in [3.05, 3.63) is 16.4 Å². The van der Waals surface area contributed by atoms with E-state index in [0.29, 0.717) is 5.92 Å². The van der Waals surface area contributed by atoms with E-state index >= 15 is 0 Å². The van der Waals surface area contributed by atoms with Gasteiger partial charge in [-0.05, 0) is 39.2 Å². The lowest BCUT2D eigenvalue weighted by atomic mass is 10.1. The molecular formula is C13H24ClN3O. The molecule has 18 heavy (non-hydrogen) atoms. The molecule has 0 aliphatic heterocycles. The summed E-state index contributed by atoms with van der Waals surface area (Å²) in [6.45, 7) is 8.86. The number of aryl methyl sites for hydroxylation is 2. The molecule has 0 aliphatic rings. The zero-order valence-electron chi connectivity index (χ0n) is 11.5. The highest BCUT2D eigenvalue weighted by atomic mass is 35.5. The van der Waals surface area contributed by atoms with Gasteiger partial charge in [-0.2, -0.15) is 5.10 Å². The molecule has 5 heteroatoms. The Bertz CT molecular complexity index is 365. The predicted molar refractivity (Wildman–Crippen MR) is 74.8 cm³/mol. The van der Waals surface area contributed by atoms with Crippen molar-refractivity contribution in [2.75, 3.05) is 13.2 Å². The number of hydrogen-bond acceptors (Lipinski definition) is 3. The van der Waals surface area contributed by atoms with Crippen LogP contribution in [0.2, 0.25) is 5.02 Å². The van der Waals surface area contributed by atoms with Crippen LogP contribution in [0.5, 0.6) is 0 Å². The molecule has 2 N–H and O–H groups in total. The van der Waals surface area contributed by atoms with Crippen molar-refractivity contribution in [2.24, 2.45) is 5.92 Å². The summed E-state index contributed by atoms with van der Waals surface area (Å²) in [6.07, 6.45) is 2.11. The second-order valence-corrected chi connectivity index (χ2v) is 5.15. The summed E-state index contributed by atoms with van der Waals surface area (Å²) >= 11 is 6.22. The van der Waals surface area contributed by atoms with Crippen molar-refractivity contribution >= 4 is 11.6 Å². The fraction of sp³-hybridized carbons (Fsp3) is 0.769. The zero-order chi connectivity index (χ0) is 13.5. The normalized spacial score (nSPS) is 12.9. The molecular weight excluding hydrogens is 250 g/mol. The van der Waals surface area contributed by atoms with Crippen LogP contribution in [-0.4, -0.2) is 28.0 Å². The molecule has 1 rings (SSSR count). The number of aromatic nitrogens is 2. The van der Waals surface area contributed by atoms with Crippen molar-refractivity contribution in [1.29, 1.82) is 0 Å². The first-order valence-electron chi connectivity index (χ1n) is 6.63. The van der Waals surface area contributed by atoms with Gasteiger partial charge in [0.15, 0.2) is 0 Å². The van der Waals surface area contributed by atoms with E-state index in [1.54, 1.807) is 0 Å². The van der Waals surface area contributed by atoms with Gasteiger partial charge in [-0.15, -0.1) is 0 Å². The summed E-state index contributed by atoms with van der Waals surface area (Å²) in [7, 11) is 0. The van der Waals surface area contributed by atoms with Crippen LogP contribution in [0, 0.1) is 12.8 Å². The number of nitrogens with one attached hydrogen (secondary N) is 1. The zero-order valence-corrected chi connectivity index (χ0v) is 12.3. The Labute approximate surface area is 114 Å². The minimum atomic E-state index is 0.271. The molecule has 4 nitrogen and oxygen atoms in total. The first-order valence-corrected chi connectivity index (χ1v) is 7.01. The van der Waals surface area contributed by atoms with Crippen molar-refractivity contribution in [1.82, 2.24) is 15.1 Å². The van der Waals surface area contributed by atoms with Crippen LogP contribution < -0.4 is 5.32 Å². The summed E-state index contributed by atoms with van der Waals surface area (Å²) < 4.78 is 1.95. The standard InChI is InChI=1S/C13H24ClN3O/c1-4-17-12(13(14)11(3)16-17)8-15-7-5-6-10(2)9-18/h10,15,18H,4-9H2,1-3H3. The fourth-order valence-corrected chi connectivity index (χ4v) is 2.11. The Kier molecular flexibility index (Phi) is 6.68. The van der Waals surface area contributed by atoms with Gasteiger partial charge in [0.25, 0.3) is 0 Å². The Morgan fingerprint density at radius 2 is 2.22 bits per heavy atom. The Hall–Kier alpha value is -0.580. The molecule has 0 aliphatic carbocycles. The van der Waals surface area contributed by atoms with E-state index in [1.165, 1.54) is 0 Å². The lowest BCUT2D eigenvalue weighted by Gasteiger charge is -2.09. The summed E-state index contributed by atoms with van der Waals surface area (Å²) in [4.78, 5) is 0. The van der Waals surface area contributed by atoms with Gasteiger partial charge in [0.1, 0.15) is 0 Å². The van der Waals surface area contributed by atoms with Gasteiger partial charge >= 0.3 is 0 Å². The number of nitrogens with zero attached hydrogens (tertiary/aromatic N) is 2. The van der Waals surface area contributed by atoms with E-state index in [2.05, 4.69) is 24.3 Å². The van der Waals surface area contributed by atoms with Crippen LogP contribution in [0.4, 0.5) is 0 Å². The van der Waals surface area contributed by atoms with Crippen molar-refractivity contribution < 1.29 is 5.11 Å². The van der Waals surface area contributed by atoms with Gasteiger partial charge in [0.2, 0.25) is 0 Å². The maximum Gasteiger partial charge on any atom is 0.0860 e. The third-order valence-electron chi connectivity index (χ3n) is 3.11. The van der Waals surface area contributed by atoms with E-state index in [-0.39, 0.29) is 6.61 Å². The van der Waals surface area contributed by atoms with E-state index in [0.717, 1.165) is 48.9 Å². The highest BCUT2D eigenvalue weighted by Crippen LogP contribution is 2.19. The maximum absolute atomic E-state index is 8.93. The van der Waals surface area contributed by atoms with Crippen LogP contribution >= 0.6 is 11.6 Å². The molecule has 1 aromatic rings. The molecule has 0 fully saturated rings. The lowest BCUT2D eigenvalue weighted by Crippen LogP contribution is -2.18. The lowest BCUT2D eigenvalue weighted by molar-refractivity contribution is 0.228. The number of hydrogen-bond donors (Lipinski definition) is 2. The van der Waals surface area contributed by atoms with E-state index < -0.39 is 0 Å². The number of halogens is 1.